The number of imidazole rings is 1. The van der Waals surface area contributed by atoms with Crippen molar-refractivity contribution >= 4 is 5.82 Å². The molecule has 1 heterocycles. The van der Waals surface area contributed by atoms with Gasteiger partial charge in [-0.15, -0.1) is 0 Å². The predicted octanol–water partition coefficient (Wildman–Crippen LogP) is 0.328. The largest absolute Gasteiger partial charge is 0.358 e. The van der Waals surface area contributed by atoms with Crippen LogP contribution >= 0.6 is 0 Å². The molecule has 0 amide bonds. The second-order valence-corrected chi connectivity index (χ2v) is 1.62. The number of hydrogen-bond donors (Lipinski definition) is 0. The van der Waals surface area contributed by atoms with Gasteiger partial charge in [-0.3, -0.25) is 0 Å². The summed E-state index contributed by atoms with van der Waals surface area (Å²) in [5.41, 5.74) is 0. The van der Waals surface area contributed by atoms with E-state index in [4.69, 9.17) is 0 Å². The first-order valence-corrected chi connectivity index (χ1v) is 2.32. The topological polar surface area (TPSA) is 61.0 Å². The Labute approximate surface area is 51.1 Å². The second kappa shape index (κ2) is 1.85. The van der Waals surface area contributed by atoms with Gasteiger partial charge in [-0.05, 0) is 4.92 Å². The van der Waals surface area contributed by atoms with Gasteiger partial charge in [0.25, 0.3) is 0 Å². The lowest BCUT2D eigenvalue weighted by Gasteiger charge is -1.89. The van der Waals surface area contributed by atoms with Gasteiger partial charge in [0.1, 0.15) is 6.20 Å². The molecule has 48 valence electrons. The van der Waals surface area contributed by atoms with Crippen LogP contribution in [0.2, 0.25) is 0 Å². The van der Waals surface area contributed by atoms with Crippen LogP contribution in [0, 0.1) is 10.1 Å². The van der Waals surface area contributed by atoms with Crippen LogP contribution in [0.15, 0.2) is 12.5 Å². The molecule has 0 aromatic carbocycles. The van der Waals surface area contributed by atoms with E-state index in [0.29, 0.717) is 0 Å². The van der Waals surface area contributed by atoms with E-state index < -0.39 is 4.92 Å². The molecule has 0 unspecified atom stereocenters. The third-order valence-electron chi connectivity index (χ3n) is 0.978. The molecular weight excluding hydrogens is 122 g/mol. The summed E-state index contributed by atoms with van der Waals surface area (Å²) >= 11 is 0. The van der Waals surface area contributed by atoms with Gasteiger partial charge in [0.2, 0.25) is 0 Å². The zero-order valence-corrected chi connectivity index (χ0v) is 4.81. The van der Waals surface area contributed by atoms with Crippen LogP contribution in [0.5, 0.6) is 0 Å². The first kappa shape index (κ1) is 5.74. The summed E-state index contributed by atoms with van der Waals surface area (Å²) in [5.74, 6) is 0.00926. The van der Waals surface area contributed by atoms with Crippen LogP contribution in [0.25, 0.3) is 0 Å². The van der Waals surface area contributed by atoms with Crippen molar-refractivity contribution in [1.29, 1.82) is 0 Å². The van der Waals surface area contributed by atoms with Crippen molar-refractivity contribution in [2.75, 3.05) is 0 Å². The summed E-state index contributed by atoms with van der Waals surface area (Å²) in [7, 11) is 1.57. The molecular formula is C4H5N3O2. The molecule has 0 fully saturated rings. The second-order valence-electron chi connectivity index (χ2n) is 1.62. The molecule has 0 aliphatic carbocycles. The standard InChI is InChI=1S/C4H5N3O2/c1-6-3-5-2-4(6)7(8)9/h2-3H,1H3. The van der Waals surface area contributed by atoms with Gasteiger partial charge < -0.3 is 10.1 Å². The van der Waals surface area contributed by atoms with E-state index in [2.05, 4.69) is 4.98 Å². The Balaban J connectivity index is 3.08. The fourth-order valence-corrected chi connectivity index (χ4v) is 0.526. The van der Waals surface area contributed by atoms with Gasteiger partial charge in [0.05, 0.1) is 7.05 Å². The number of rotatable bonds is 1. The fourth-order valence-electron chi connectivity index (χ4n) is 0.526. The summed E-state index contributed by atoms with van der Waals surface area (Å²) in [4.78, 5) is 13.1. The van der Waals surface area contributed by atoms with Crippen LogP contribution in [0.4, 0.5) is 5.82 Å². The van der Waals surface area contributed by atoms with Crippen LogP contribution < -0.4 is 0 Å². The molecule has 9 heavy (non-hydrogen) atoms. The number of nitro groups is 1. The van der Waals surface area contributed by atoms with Crippen molar-refractivity contribution in [3.05, 3.63) is 22.6 Å². The van der Waals surface area contributed by atoms with Crippen molar-refractivity contribution in [3.8, 4) is 0 Å². The maximum absolute atomic E-state index is 10.0. The van der Waals surface area contributed by atoms with Crippen LogP contribution in [0.3, 0.4) is 0 Å². The molecule has 1 aromatic heterocycles. The Bertz CT molecular complexity index is 229. The van der Waals surface area contributed by atoms with Crippen molar-refractivity contribution in [3.63, 3.8) is 0 Å². The highest BCUT2D eigenvalue weighted by molar-refractivity contribution is 5.13. The number of aryl methyl sites for hydroxylation is 1. The van der Waals surface area contributed by atoms with Crippen LogP contribution in [0.1, 0.15) is 0 Å². The SMILES string of the molecule is Cn1cncc1[N+](=O)[O-]. The molecule has 0 saturated heterocycles. The molecule has 0 radical (unpaired) electrons. The molecule has 1 rings (SSSR count). The summed E-state index contributed by atoms with van der Waals surface area (Å²) in [5, 5.41) is 10.0. The van der Waals surface area contributed by atoms with Crippen molar-refractivity contribution in [2.45, 2.75) is 0 Å². The van der Waals surface area contributed by atoms with Gasteiger partial charge >= 0.3 is 5.82 Å². The zero-order valence-electron chi connectivity index (χ0n) is 4.81. The maximum atomic E-state index is 10.0. The Kier molecular flexibility index (Phi) is 1.18. The third-order valence-corrected chi connectivity index (χ3v) is 0.978. The third kappa shape index (κ3) is 0.883. The lowest BCUT2D eigenvalue weighted by molar-refractivity contribution is -0.391. The summed E-state index contributed by atoms with van der Waals surface area (Å²) < 4.78 is 1.35. The van der Waals surface area contributed by atoms with E-state index in [1.807, 2.05) is 0 Å². The highest BCUT2D eigenvalue weighted by Gasteiger charge is 2.06. The normalized spacial score (nSPS) is 9.44. The van der Waals surface area contributed by atoms with Gasteiger partial charge in [-0.1, -0.05) is 0 Å². The zero-order chi connectivity index (χ0) is 6.85. The highest BCUT2D eigenvalue weighted by Crippen LogP contribution is 2.05. The lowest BCUT2D eigenvalue weighted by atomic mass is 10.8. The fraction of sp³-hybridized carbons (Fsp3) is 0.250. The minimum atomic E-state index is -0.479. The minimum absolute atomic E-state index is 0.00926. The van der Waals surface area contributed by atoms with E-state index >= 15 is 0 Å². The quantitative estimate of drug-likeness (QED) is 0.403. The first-order chi connectivity index (χ1) is 4.22. The van der Waals surface area contributed by atoms with E-state index in [1.54, 1.807) is 7.05 Å². The van der Waals surface area contributed by atoms with Gasteiger partial charge in [0, 0.05) is 0 Å². The van der Waals surface area contributed by atoms with Crippen molar-refractivity contribution in [2.24, 2.45) is 7.05 Å². The van der Waals surface area contributed by atoms with Crippen LogP contribution in [-0.2, 0) is 7.05 Å². The molecule has 0 aliphatic heterocycles. The predicted molar refractivity (Wildman–Crippen MR) is 29.9 cm³/mol. The molecule has 5 nitrogen and oxygen atoms in total. The Morgan fingerprint density at radius 2 is 2.56 bits per heavy atom. The smallest absolute Gasteiger partial charge is 0.342 e. The molecule has 0 N–H and O–H groups in total. The average molecular weight is 127 g/mol. The van der Waals surface area contributed by atoms with Gasteiger partial charge in [-0.25, -0.2) is 9.55 Å². The van der Waals surface area contributed by atoms with E-state index in [-0.39, 0.29) is 5.82 Å². The minimum Gasteiger partial charge on any atom is -0.358 e. The van der Waals surface area contributed by atoms with E-state index in [1.165, 1.54) is 17.1 Å². The van der Waals surface area contributed by atoms with Crippen molar-refractivity contribution in [1.82, 2.24) is 9.55 Å². The number of aromatic nitrogens is 2. The lowest BCUT2D eigenvalue weighted by Crippen LogP contribution is -1.94. The maximum Gasteiger partial charge on any atom is 0.342 e. The summed E-state index contributed by atoms with van der Waals surface area (Å²) in [6, 6.07) is 0. The average Bonchev–Trinajstić information content (AvgIpc) is 2.13. The number of hydrogen-bond acceptors (Lipinski definition) is 3. The molecule has 5 heteroatoms. The molecule has 0 bridgehead atoms. The monoisotopic (exact) mass is 127 g/mol. The molecule has 0 aliphatic rings. The Morgan fingerprint density at radius 3 is 2.78 bits per heavy atom. The van der Waals surface area contributed by atoms with Gasteiger partial charge in [-0.2, -0.15) is 0 Å². The molecule has 0 spiro atoms. The Hall–Kier alpha value is -1.39. The van der Waals surface area contributed by atoms with E-state index in [9.17, 15) is 10.1 Å². The molecule has 0 atom stereocenters. The number of nitrogens with zero attached hydrogens (tertiary/aromatic N) is 3. The highest BCUT2D eigenvalue weighted by atomic mass is 16.6. The van der Waals surface area contributed by atoms with Crippen LogP contribution in [-0.4, -0.2) is 14.5 Å². The molecule has 1 aromatic rings. The summed E-state index contributed by atoms with van der Waals surface area (Å²) in [6.07, 6.45) is 2.60. The first-order valence-electron chi connectivity index (χ1n) is 2.32. The summed E-state index contributed by atoms with van der Waals surface area (Å²) in [6.45, 7) is 0. The molecule has 0 saturated carbocycles. The van der Waals surface area contributed by atoms with Gasteiger partial charge in [0.15, 0.2) is 6.33 Å². The van der Waals surface area contributed by atoms with E-state index in [0.717, 1.165) is 0 Å². The van der Waals surface area contributed by atoms with Crippen molar-refractivity contribution < 1.29 is 4.92 Å². The Morgan fingerprint density at radius 1 is 1.89 bits per heavy atom.